The molecule has 2 rings (SSSR count). The first-order valence-corrected chi connectivity index (χ1v) is 8.71. The first-order valence-electron chi connectivity index (χ1n) is 8.71. The maximum absolute atomic E-state index is 12.0. The van der Waals surface area contributed by atoms with Crippen molar-refractivity contribution < 1.29 is 48.7 Å². The van der Waals surface area contributed by atoms with E-state index in [-0.39, 0.29) is 61.5 Å². The fraction of sp³-hybridized carbons (Fsp3) is 0.625. The van der Waals surface area contributed by atoms with Gasteiger partial charge in [-0.05, 0) is 12.8 Å². The molecule has 0 saturated carbocycles. The first kappa shape index (κ1) is 21.4. The van der Waals surface area contributed by atoms with E-state index in [1.165, 1.54) is 0 Å². The summed E-state index contributed by atoms with van der Waals surface area (Å²) in [6.45, 7) is 0. The van der Waals surface area contributed by atoms with Crippen molar-refractivity contribution >= 4 is 35.6 Å². The van der Waals surface area contributed by atoms with Gasteiger partial charge < -0.3 is 10.2 Å². The van der Waals surface area contributed by atoms with Crippen LogP contribution in [0.2, 0.25) is 0 Å². The lowest BCUT2D eigenvalue weighted by Gasteiger charge is -2.33. The van der Waals surface area contributed by atoms with Crippen molar-refractivity contribution in [2.75, 3.05) is 0 Å². The van der Waals surface area contributed by atoms with E-state index in [2.05, 4.69) is 0 Å². The molecule has 2 aliphatic heterocycles. The highest BCUT2D eigenvalue weighted by molar-refractivity contribution is 6.01. The highest BCUT2D eigenvalue weighted by Crippen LogP contribution is 2.30. The molecular formula is C16H20N2O10. The van der Waals surface area contributed by atoms with Crippen molar-refractivity contribution in [3.63, 3.8) is 0 Å². The van der Waals surface area contributed by atoms with E-state index in [0.717, 1.165) is 0 Å². The fourth-order valence-corrected chi connectivity index (χ4v) is 2.71. The van der Waals surface area contributed by atoms with E-state index in [1.807, 2.05) is 0 Å². The second-order valence-electron chi connectivity index (χ2n) is 6.36. The van der Waals surface area contributed by atoms with Gasteiger partial charge in [-0.1, -0.05) is 6.42 Å². The summed E-state index contributed by atoms with van der Waals surface area (Å²) in [5.41, 5.74) is 0. The molecule has 154 valence electrons. The summed E-state index contributed by atoms with van der Waals surface area (Å²) in [5, 5.41) is 18.9. The number of aliphatic carboxylic acids is 2. The largest absolute Gasteiger partial charge is 0.481 e. The van der Waals surface area contributed by atoms with Gasteiger partial charge in [-0.3, -0.25) is 24.0 Å². The number of hydrogen-bond acceptors (Lipinski definition) is 8. The van der Waals surface area contributed by atoms with Crippen molar-refractivity contribution in [1.29, 1.82) is 0 Å². The molecule has 2 fully saturated rings. The molecule has 0 radical (unpaired) electrons. The summed E-state index contributed by atoms with van der Waals surface area (Å²) in [6.07, 6.45) is -0.658. The maximum Gasteiger partial charge on any atom is 0.368 e. The predicted molar refractivity (Wildman–Crippen MR) is 85.4 cm³/mol. The summed E-state index contributed by atoms with van der Waals surface area (Å²) >= 11 is 0. The molecule has 2 N–H and O–H groups in total. The van der Waals surface area contributed by atoms with Crippen LogP contribution in [-0.4, -0.2) is 61.7 Å². The number of unbranched alkanes of at least 4 members (excludes halogenated alkanes) is 2. The second-order valence-corrected chi connectivity index (χ2v) is 6.36. The Hall–Kier alpha value is -2.86. The van der Waals surface area contributed by atoms with Gasteiger partial charge in [0.05, 0.1) is 0 Å². The van der Waals surface area contributed by atoms with E-state index in [0.29, 0.717) is 0 Å². The average Bonchev–Trinajstić information content (AvgIpc) is 3.10. The summed E-state index contributed by atoms with van der Waals surface area (Å²) in [7, 11) is 0. The van der Waals surface area contributed by atoms with Crippen LogP contribution in [0.15, 0.2) is 0 Å². The van der Waals surface area contributed by atoms with Crippen LogP contribution >= 0.6 is 0 Å². The Morgan fingerprint density at radius 2 is 1.21 bits per heavy atom. The number of imide groups is 2. The van der Waals surface area contributed by atoms with Crippen LogP contribution in [0.25, 0.3) is 0 Å². The summed E-state index contributed by atoms with van der Waals surface area (Å²) < 4.78 is 0. The predicted octanol–water partition coefficient (Wildman–Crippen LogP) is -0.0364. The van der Waals surface area contributed by atoms with Gasteiger partial charge in [0, 0.05) is 38.5 Å². The number of nitrogens with zero attached hydrogens (tertiary/aromatic N) is 2. The van der Waals surface area contributed by atoms with Gasteiger partial charge in [0.25, 0.3) is 23.6 Å². The summed E-state index contributed by atoms with van der Waals surface area (Å²) in [4.78, 5) is 80.0. The van der Waals surface area contributed by atoms with Crippen molar-refractivity contribution in [3.8, 4) is 0 Å². The van der Waals surface area contributed by atoms with Gasteiger partial charge in [0.1, 0.15) is 0 Å². The smallest absolute Gasteiger partial charge is 0.368 e. The van der Waals surface area contributed by atoms with Crippen LogP contribution in [0.4, 0.5) is 0 Å². The topological polar surface area (TPSA) is 168 Å². The minimum atomic E-state index is -2.67. The van der Waals surface area contributed by atoms with Gasteiger partial charge in [-0.2, -0.15) is 0 Å². The van der Waals surface area contributed by atoms with E-state index in [1.54, 1.807) is 0 Å². The number of amides is 4. The highest BCUT2D eigenvalue weighted by atomic mass is 16.9. The monoisotopic (exact) mass is 400 g/mol. The number of carboxylic acids is 2. The Morgan fingerprint density at radius 1 is 0.786 bits per heavy atom. The van der Waals surface area contributed by atoms with Gasteiger partial charge in [0.2, 0.25) is 0 Å². The van der Waals surface area contributed by atoms with E-state index in [4.69, 9.17) is 14.8 Å². The lowest BCUT2D eigenvalue weighted by Crippen LogP contribution is -2.54. The Labute approximate surface area is 158 Å². The van der Waals surface area contributed by atoms with Crippen LogP contribution in [-0.2, 0) is 38.4 Å². The normalized spacial score (nSPS) is 17.7. The third kappa shape index (κ3) is 4.89. The molecule has 12 nitrogen and oxygen atoms in total. The molecule has 4 amide bonds. The fourth-order valence-electron chi connectivity index (χ4n) is 2.71. The van der Waals surface area contributed by atoms with E-state index < -0.39 is 47.8 Å². The first-order chi connectivity index (χ1) is 13.2. The maximum atomic E-state index is 12.0. The van der Waals surface area contributed by atoms with Gasteiger partial charge in [-0.15, -0.1) is 10.1 Å². The zero-order valence-corrected chi connectivity index (χ0v) is 14.9. The quantitative estimate of drug-likeness (QED) is 0.273. The Morgan fingerprint density at radius 3 is 1.57 bits per heavy atom. The minimum absolute atomic E-state index is 0.0754. The van der Waals surface area contributed by atoms with Gasteiger partial charge >= 0.3 is 17.7 Å². The van der Waals surface area contributed by atoms with Gasteiger partial charge in [0.15, 0.2) is 0 Å². The molecule has 2 heterocycles. The number of rotatable bonds is 11. The molecule has 0 atom stereocenters. The second kappa shape index (κ2) is 8.89. The Balaban J connectivity index is 2.19. The third-order valence-corrected chi connectivity index (χ3v) is 4.21. The number of hydrogen-bond donors (Lipinski definition) is 2. The van der Waals surface area contributed by atoms with Crippen LogP contribution in [0.5, 0.6) is 0 Å². The van der Waals surface area contributed by atoms with Crippen molar-refractivity contribution in [1.82, 2.24) is 10.1 Å². The molecule has 2 aliphatic rings. The van der Waals surface area contributed by atoms with Crippen molar-refractivity contribution in [2.24, 2.45) is 0 Å². The highest BCUT2D eigenvalue weighted by Gasteiger charge is 2.51. The van der Waals surface area contributed by atoms with Crippen LogP contribution in [0.1, 0.15) is 57.8 Å². The lowest BCUT2D eigenvalue weighted by atomic mass is 10.1. The zero-order valence-electron chi connectivity index (χ0n) is 14.9. The summed E-state index contributed by atoms with van der Waals surface area (Å²) in [5.74, 6) is -8.53. The molecule has 28 heavy (non-hydrogen) atoms. The number of carbonyl (C=O) groups excluding carboxylic acids is 4. The Bertz CT molecular complexity index is 634. The SMILES string of the molecule is O=C(O)CCCCCC(ON1C(=O)CCC1=O)(ON1C(=O)CCC1=O)C(=O)O. The third-order valence-electron chi connectivity index (χ3n) is 4.21. The number of carboxylic acid groups (broad SMARTS) is 2. The zero-order chi connectivity index (χ0) is 20.9. The van der Waals surface area contributed by atoms with Crippen LogP contribution in [0, 0.1) is 0 Å². The van der Waals surface area contributed by atoms with Crippen molar-refractivity contribution in [2.45, 2.75) is 63.6 Å². The molecule has 2 saturated heterocycles. The van der Waals surface area contributed by atoms with E-state index in [9.17, 15) is 33.9 Å². The number of hydroxylamine groups is 4. The molecular weight excluding hydrogens is 380 g/mol. The van der Waals surface area contributed by atoms with Gasteiger partial charge in [-0.25, -0.2) is 14.5 Å². The summed E-state index contributed by atoms with van der Waals surface area (Å²) in [6, 6.07) is 0. The molecule has 0 aliphatic carbocycles. The average molecular weight is 400 g/mol. The van der Waals surface area contributed by atoms with Crippen molar-refractivity contribution in [3.05, 3.63) is 0 Å². The molecule has 0 unspecified atom stereocenters. The lowest BCUT2D eigenvalue weighted by molar-refractivity contribution is -0.360. The molecule has 0 spiro atoms. The standard InChI is InChI=1S/C16H20N2O10/c19-10-5-6-11(20)17(10)27-16(15(25)26,9-3-1-2-4-14(23)24)28-18-12(21)7-8-13(18)22/h1-9H2,(H,23,24)(H,25,26). The molecule has 12 heteroatoms. The molecule has 0 bridgehead atoms. The minimum Gasteiger partial charge on any atom is -0.481 e. The molecule has 0 aromatic heterocycles. The van der Waals surface area contributed by atoms with Crippen LogP contribution in [0.3, 0.4) is 0 Å². The van der Waals surface area contributed by atoms with Crippen LogP contribution < -0.4 is 0 Å². The number of carbonyl (C=O) groups is 6. The molecule has 0 aromatic carbocycles. The van der Waals surface area contributed by atoms with E-state index >= 15 is 0 Å². The molecule has 0 aromatic rings. The Kier molecular flexibility index (Phi) is 6.80.